The molecule has 3 aliphatic rings. The lowest BCUT2D eigenvalue weighted by atomic mass is 9.96. The maximum absolute atomic E-state index is 12.2. The zero-order chi connectivity index (χ0) is 28.0. The van der Waals surface area contributed by atoms with Crippen LogP contribution >= 0.6 is 11.3 Å². The number of carbonyl (C=O) groups excluding carboxylic acids is 1. The number of morpholine rings is 1. The molecule has 6 rings (SSSR count). The van der Waals surface area contributed by atoms with Crippen LogP contribution in [0, 0.1) is 0 Å². The monoisotopic (exact) mass is 578 g/mol. The summed E-state index contributed by atoms with van der Waals surface area (Å²) in [6, 6.07) is 4.64. The number of hydrogen-bond acceptors (Lipinski definition) is 11. The van der Waals surface area contributed by atoms with Gasteiger partial charge < -0.3 is 20.3 Å². The Morgan fingerprint density at radius 2 is 1.93 bits per heavy atom. The van der Waals surface area contributed by atoms with Gasteiger partial charge in [0.25, 0.3) is 0 Å². The van der Waals surface area contributed by atoms with Crippen LogP contribution in [0.2, 0.25) is 0 Å². The van der Waals surface area contributed by atoms with E-state index in [1.54, 1.807) is 11.0 Å². The van der Waals surface area contributed by atoms with Gasteiger partial charge in [0.05, 0.1) is 30.3 Å². The van der Waals surface area contributed by atoms with Gasteiger partial charge in [-0.1, -0.05) is 37.2 Å². The Hall–Kier alpha value is -3.42. The summed E-state index contributed by atoms with van der Waals surface area (Å²) in [6.45, 7) is 9.14. The van der Waals surface area contributed by atoms with Crippen molar-refractivity contribution >= 4 is 34.0 Å². The van der Waals surface area contributed by atoms with Crippen LogP contribution in [0.3, 0.4) is 0 Å². The second kappa shape index (κ2) is 13.0. The van der Waals surface area contributed by atoms with Crippen LogP contribution < -0.4 is 10.6 Å². The average Bonchev–Trinajstić information content (AvgIpc) is 3.68. The van der Waals surface area contributed by atoms with Gasteiger partial charge in [-0.25, -0.2) is 9.97 Å². The van der Waals surface area contributed by atoms with Crippen molar-refractivity contribution in [2.24, 2.45) is 0 Å². The molecule has 1 atom stereocenters. The second-order valence-corrected chi connectivity index (χ2v) is 12.0. The quantitative estimate of drug-likeness (QED) is 0.362. The van der Waals surface area contributed by atoms with Crippen LogP contribution in [-0.2, 0) is 16.1 Å². The number of nitrogens with one attached hydrogen (secondary N) is 2. The number of aromatic nitrogens is 6. The Labute approximate surface area is 244 Å². The Bertz CT molecular complexity index is 1330. The number of piperidine rings is 1. The van der Waals surface area contributed by atoms with Crippen molar-refractivity contribution in [3.05, 3.63) is 36.5 Å². The maximum Gasteiger partial charge on any atom is 0.246 e. The molecule has 0 unspecified atom stereocenters. The Balaban J connectivity index is 1.18. The number of tetrazole rings is 1. The fraction of sp³-hybridized carbons (Fsp3) is 0.571. The number of nitrogens with zero attached hydrogens (tertiary/aromatic N) is 8. The Morgan fingerprint density at radius 3 is 2.76 bits per heavy atom. The molecule has 2 saturated heterocycles. The number of rotatable bonds is 9. The van der Waals surface area contributed by atoms with Gasteiger partial charge in [-0.05, 0) is 54.7 Å². The fourth-order valence-corrected chi connectivity index (χ4v) is 6.55. The van der Waals surface area contributed by atoms with Crippen LogP contribution in [0.5, 0.6) is 0 Å². The molecule has 1 saturated carbocycles. The molecule has 2 aliphatic heterocycles. The highest BCUT2D eigenvalue weighted by atomic mass is 32.1. The van der Waals surface area contributed by atoms with Crippen molar-refractivity contribution in [1.29, 1.82) is 0 Å². The van der Waals surface area contributed by atoms with E-state index in [4.69, 9.17) is 9.72 Å². The molecule has 13 heteroatoms. The number of anilines is 3. The number of carbonyl (C=O) groups is 1. The van der Waals surface area contributed by atoms with E-state index in [0.29, 0.717) is 24.2 Å². The van der Waals surface area contributed by atoms with E-state index in [9.17, 15) is 4.79 Å². The summed E-state index contributed by atoms with van der Waals surface area (Å²) in [5.41, 5.74) is 1.15. The summed E-state index contributed by atoms with van der Waals surface area (Å²) in [4.78, 5) is 28.6. The van der Waals surface area contributed by atoms with Crippen molar-refractivity contribution in [3.63, 3.8) is 0 Å². The zero-order valence-electron chi connectivity index (χ0n) is 23.4. The fourth-order valence-electron chi connectivity index (χ4n) is 5.80. The van der Waals surface area contributed by atoms with Crippen LogP contribution in [0.1, 0.15) is 56.6 Å². The normalized spacial score (nSPS) is 20.6. The molecule has 3 aromatic heterocycles. The largest absolute Gasteiger partial charge is 0.379 e. The summed E-state index contributed by atoms with van der Waals surface area (Å²) < 4.78 is 5.54. The third-order valence-corrected chi connectivity index (χ3v) is 8.85. The average molecular weight is 579 g/mol. The molecule has 218 valence electrons. The minimum absolute atomic E-state index is 0.0271. The van der Waals surface area contributed by atoms with E-state index in [1.165, 1.54) is 36.7 Å². The van der Waals surface area contributed by atoms with Crippen LogP contribution in [0.4, 0.5) is 16.8 Å². The number of likely N-dealkylation sites (tertiary alicyclic amines) is 1. The second-order valence-electron chi connectivity index (χ2n) is 11.0. The molecule has 3 fully saturated rings. The molecule has 0 spiro atoms. The van der Waals surface area contributed by atoms with Gasteiger partial charge in [0.2, 0.25) is 11.7 Å². The highest BCUT2D eigenvalue weighted by Crippen LogP contribution is 2.31. The predicted molar refractivity (Wildman–Crippen MR) is 158 cm³/mol. The lowest BCUT2D eigenvalue weighted by Gasteiger charge is -2.33. The third kappa shape index (κ3) is 7.08. The molecule has 1 amide bonds. The predicted octanol–water partition coefficient (Wildman–Crippen LogP) is 3.86. The molecule has 0 bridgehead atoms. The first-order valence-corrected chi connectivity index (χ1v) is 15.5. The summed E-state index contributed by atoms with van der Waals surface area (Å²) in [5.74, 6) is 2.08. The first kappa shape index (κ1) is 27.7. The third-order valence-electron chi connectivity index (χ3n) is 7.95. The molecule has 2 N–H and O–H groups in total. The number of pyridine rings is 1. The molecular weight excluding hydrogens is 540 g/mol. The lowest BCUT2D eigenvalue weighted by molar-refractivity contribution is -0.127. The van der Waals surface area contributed by atoms with E-state index < -0.39 is 0 Å². The van der Waals surface area contributed by atoms with Gasteiger partial charge in [-0.2, -0.15) is 4.80 Å². The van der Waals surface area contributed by atoms with Crippen molar-refractivity contribution in [3.8, 4) is 10.7 Å². The number of ether oxygens (including phenoxy) is 1. The molecule has 41 heavy (non-hydrogen) atoms. The summed E-state index contributed by atoms with van der Waals surface area (Å²) in [5, 5.41) is 21.0. The number of amides is 1. The topological polar surface area (TPSA) is 126 Å². The van der Waals surface area contributed by atoms with Gasteiger partial charge >= 0.3 is 0 Å². The molecule has 0 radical (unpaired) electrons. The van der Waals surface area contributed by atoms with Crippen LogP contribution in [-0.4, -0.2) is 91.3 Å². The van der Waals surface area contributed by atoms with E-state index >= 15 is 0 Å². The first-order chi connectivity index (χ1) is 20.1. The summed E-state index contributed by atoms with van der Waals surface area (Å²) in [7, 11) is 0. The molecular formula is C28H38N10O2S. The van der Waals surface area contributed by atoms with E-state index in [1.807, 2.05) is 4.90 Å². The number of thiazole rings is 1. The van der Waals surface area contributed by atoms with Gasteiger partial charge in [-0.15, -0.1) is 10.2 Å². The summed E-state index contributed by atoms with van der Waals surface area (Å²) >= 11 is 1.49. The standard InChI is InChI=1S/C28H38N10O2S/c1-2-26(39)37-10-6-7-21(19-37)30-24-15-20(18-36-11-13-40-14-12-36)16-25(31-24)32-28-29-17-23(41-28)27-33-35-38(34-27)22-8-4-3-5-9-22/h2,15-17,21-22H,1,3-14,18-19H2,(H2,29,30,31,32)/t21-/m0/s1. The summed E-state index contributed by atoms with van der Waals surface area (Å²) in [6.07, 6.45) is 11.0. The number of hydrogen-bond donors (Lipinski definition) is 2. The van der Waals surface area contributed by atoms with E-state index in [2.05, 4.69) is 54.6 Å². The van der Waals surface area contributed by atoms with Crippen LogP contribution in [0.25, 0.3) is 10.7 Å². The minimum atomic E-state index is -0.0271. The first-order valence-electron chi connectivity index (χ1n) is 14.6. The smallest absolute Gasteiger partial charge is 0.246 e. The Kier molecular flexibility index (Phi) is 8.82. The van der Waals surface area contributed by atoms with Gasteiger partial charge in [-0.3, -0.25) is 9.69 Å². The van der Waals surface area contributed by atoms with E-state index in [-0.39, 0.29) is 11.9 Å². The van der Waals surface area contributed by atoms with Crippen molar-refractivity contribution in [2.75, 3.05) is 50.0 Å². The van der Waals surface area contributed by atoms with Crippen LogP contribution in [0.15, 0.2) is 31.0 Å². The van der Waals surface area contributed by atoms with Crippen molar-refractivity contribution in [1.82, 2.24) is 40.0 Å². The van der Waals surface area contributed by atoms with Crippen molar-refractivity contribution in [2.45, 2.75) is 63.6 Å². The maximum atomic E-state index is 12.2. The highest BCUT2D eigenvalue weighted by molar-refractivity contribution is 7.18. The molecule has 5 heterocycles. The molecule has 3 aromatic rings. The van der Waals surface area contributed by atoms with Gasteiger partial charge in [0.15, 0.2) is 5.13 Å². The van der Waals surface area contributed by atoms with E-state index in [0.717, 1.165) is 86.5 Å². The minimum Gasteiger partial charge on any atom is -0.379 e. The molecule has 0 aromatic carbocycles. The van der Waals surface area contributed by atoms with Gasteiger partial charge in [0.1, 0.15) is 11.6 Å². The molecule has 12 nitrogen and oxygen atoms in total. The Morgan fingerprint density at radius 1 is 1.10 bits per heavy atom. The zero-order valence-corrected chi connectivity index (χ0v) is 24.2. The van der Waals surface area contributed by atoms with Crippen molar-refractivity contribution < 1.29 is 9.53 Å². The van der Waals surface area contributed by atoms with Gasteiger partial charge in [0, 0.05) is 38.8 Å². The highest BCUT2D eigenvalue weighted by Gasteiger charge is 2.23. The lowest BCUT2D eigenvalue weighted by Crippen LogP contribution is -2.44. The SMILES string of the molecule is C=CC(=O)N1CCC[C@H](Nc2cc(CN3CCOCC3)cc(Nc3ncc(-c4nnn(C5CCCCC5)n4)s3)n2)C1. The molecule has 1 aliphatic carbocycles.